The Hall–Kier alpha value is -2.80. The molecule has 1 amide bonds. The molecule has 0 aliphatic carbocycles. The lowest BCUT2D eigenvalue weighted by atomic mass is 10.2. The first kappa shape index (κ1) is 17.6. The van der Waals surface area contributed by atoms with Crippen molar-refractivity contribution >= 4 is 28.9 Å². The van der Waals surface area contributed by atoms with Gasteiger partial charge in [-0.3, -0.25) is 14.9 Å². The zero-order valence-corrected chi connectivity index (χ0v) is 13.8. The third kappa shape index (κ3) is 4.36. The standard InChI is InChI=1S/C16H15ClN2O5/c1-10-3-5-13(12(17)7-10)18-16(20)9-24-15-6-4-11(23-2)8-14(15)19(21)22/h3-8H,9H2,1-2H3,(H,18,20). The number of anilines is 1. The summed E-state index contributed by atoms with van der Waals surface area (Å²) >= 11 is 6.03. The van der Waals surface area contributed by atoms with Gasteiger partial charge in [0, 0.05) is 0 Å². The molecule has 1 N–H and O–H groups in total. The van der Waals surface area contributed by atoms with E-state index in [0.29, 0.717) is 16.5 Å². The molecular weight excluding hydrogens is 336 g/mol. The summed E-state index contributed by atoms with van der Waals surface area (Å²) in [6.07, 6.45) is 0. The van der Waals surface area contributed by atoms with Gasteiger partial charge in [-0.25, -0.2) is 0 Å². The van der Waals surface area contributed by atoms with Gasteiger partial charge in [-0.2, -0.15) is 0 Å². The molecule has 2 aromatic rings. The first-order valence-electron chi connectivity index (χ1n) is 6.92. The summed E-state index contributed by atoms with van der Waals surface area (Å²) in [6, 6.07) is 9.30. The summed E-state index contributed by atoms with van der Waals surface area (Å²) in [6.45, 7) is 1.49. The van der Waals surface area contributed by atoms with Gasteiger partial charge in [0.15, 0.2) is 12.4 Å². The van der Waals surface area contributed by atoms with Crippen molar-refractivity contribution in [3.05, 3.63) is 57.1 Å². The zero-order valence-electron chi connectivity index (χ0n) is 13.0. The molecule has 0 radical (unpaired) electrons. The number of nitro benzene ring substituents is 1. The van der Waals surface area contributed by atoms with Crippen LogP contribution in [0.3, 0.4) is 0 Å². The van der Waals surface area contributed by atoms with Gasteiger partial charge in [-0.05, 0) is 36.8 Å². The van der Waals surface area contributed by atoms with E-state index in [1.54, 1.807) is 18.2 Å². The lowest BCUT2D eigenvalue weighted by molar-refractivity contribution is -0.385. The Morgan fingerprint density at radius 3 is 2.67 bits per heavy atom. The molecule has 0 spiro atoms. The van der Waals surface area contributed by atoms with Crippen molar-refractivity contribution in [1.29, 1.82) is 0 Å². The summed E-state index contributed by atoms with van der Waals surface area (Å²) in [7, 11) is 1.40. The van der Waals surface area contributed by atoms with Crippen LogP contribution in [0.4, 0.5) is 11.4 Å². The van der Waals surface area contributed by atoms with E-state index in [9.17, 15) is 14.9 Å². The third-order valence-electron chi connectivity index (χ3n) is 3.12. The van der Waals surface area contributed by atoms with E-state index in [0.717, 1.165) is 5.56 Å². The second-order valence-electron chi connectivity index (χ2n) is 4.91. The number of rotatable bonds is 6. The first-order chi connectivity index (χ1) is 11.4. The van der Waals surface area contributed by atoms with E-state index in [2.05, 4.69) is 5.32 Å². The average Bonchev–Trinajstić information content (AvgIpc) is 2.55. The Balaban J connectivity index is 2.05. The number of aryl methyl sites for hydroxylation is 1. The molecule has 0 aliphatic rings. The van der Waals surface area contributed by atoms with Gasteiger partial charge in [0.1, 0.15) is 5.75 Å². The van der Waals surface area contributed by atoms with Crippen LogP contribution < -0.4 is 14.8 Å². The number of hydrogen-bond acceptors (Lipinski definition) is 5. The maximum Gasteiger partial charge on any atom is 0.314 e. The van der Waals surface area contributed by atoms with Crippen LogP contribution in [0.15, 0.2) is 36.4 Å². The molecule has 2 aromatic carbocycles. The fourth-order valence-corrected chi connectivity index (χ4v) is 2.22. The molecule has 0 heterocycles. The Morgan fingerprint density at radius 1 is 1.29 bits per heavy atom. The molecular formula is C16H15ClN2O5. The van der Waals surface area contributed by atoms with Gasteiger partial charge >= 0.3 is 5.69 Å². The predicted octanol–water partition coefficient (Wildman–Crippen LogP) is 3.58. The van der Waals surface area contributed by atoms with E-state index in [4.69, 9.17) is 21.1 Å². The van der Waals surface area contributed by atoms with Crippen LogP contribution >= 0.6 is 11.6 Å². The summed E-state index contributed by atoms with van der Waals surface area (Å²) in [4.78, 5) is 22.4. The van der Waals surface area contributed by atoms with E-state index in [1.165, 1.54) is 25.3 Å². The van der Waals surface area contributed by atoms with Gasteiger partial charge in [-0.15, -0.1) is 0 Å². The molecule has 0 fully saturated rings. The van der Waals surface area contributed by atoms with Crippen LogP contribution in [-0.2, 0) is 4.79 Å². The summed E-state index contributed by atoms with van der Waals surface area (Å²) in [5, 5.41) is 14.0. The van der Waals surface area contributed by atoms with Crippen LogP contribution in [0, 0.1) is 17.0 Å². The second-order valence-corrected chi connectivity index (χ2v) is 5.32. The number of methoxy groups -OCH3 is 1. The number of carbonyl (C=O) groups is 1. The maximum absolute atomic E-state index is 11.9. The number of hydrogen-bond donors (Lipinski definition) is 1. The van der Waals surface area contributed by atoms with Crippen LogP contribution in [0.1, 0.15) is 5.56 Å². The molecule has 0 bridgehead atoms. The van der Waals surface area contributed by atoms with E-state index in [1.807, 2.05) is 6.92 Å². The van der Waals surface area contributed by atoms with Crippen LogP contribution in [0.5, 0.6) is 11.5 Å². The summed E-state index contributed by atoms with van der Waals surface area (Å²) in [5.74, 6) is -0.179. The van der Waals surface area contributed by atoms with Crippen molar-refractivity contribution in [3.8, 4) is 11.5 Å². The van der Waals surface area contributed by atoms with Crippen LogP contribution in [0.25, 0.3) is 0 Å². The van der Waals surface area contributed by atoms with Crippen molar-refractivity contribution < 1.29 is 19.2 Å². The minimum absolute atomic E-state index is 0.0223. The molecule has 0 aliphatic heterocycles. The van der Waals surface area contributed by atoms with Crippen molar-refractivity contribution in [1.82, 2.24) is 0 Å². The number of nitrogens with one attached hydrogen (secondary N) is 1. The molecule has 8 heteroatoms. The van der Waals surface area contributed by atoms with E-state index >= 15 is 0 Å². The normalized spacial score (nSPS) is 10.1. The molecule has 0 unspecified atom stereocenters. The molecule has 0 saturated heterocycles. The number of carbonyl (C=O) groups excluding carboxylic acids is 1. The van der Waals surface area contributed by atoms with E-state index in [-0.39, 0.29) is 11.4 Å². The summed E-state index contributed by atoms with van der Waals surface area (Å²) < 4.78 is 10.2. The SMILES string of the molecule is COc1ccc(OCC(=O)Nc2ccc(C)cc2Cl)c([N+](=O)[O-])c1. The maximum atomic E-state index is 11.9. The number of ether oxygens (including phenoxy) is 2. The van der Waals surface area contributed by atoms with Crippen molar-refractivity contribution in [2.24, 2.45) is 0 Å². The number of nitro groups is 1. The van der Waals surface area contributed by atoms with Gasteiger partial charge in [0.25, 0.3) is 5.91 Å². The van der Waals surface area contributed by atoms with Gasteiger partial charge in [-0.1, -0.05) is 17.7 Å². The predicted molar refractivity (Wildman–Crippen MR) is 90.0 cm³/mol. The fourth-order valence-electron chi connectivity index (χ4n) is 1.94. The van der Waals surface area contributed by atoms with Crippen LogP contribution in [-0.4, -0.2) is 24.5 Å². The third-order valence-corrected chi connectivity index (χ3v) is 3.43. The highest BCUT2D eigenvalue weighted by molar-refractivity contribution is 6.33. The molecule has 0 saturated carbocycles. The Bertz CT molecular complexity index is 779. The van der Waals surface area contributed by atoms with Crippen molar-refractivity contribution in [2.75, 3.05) is 19.0 Å². The number of benzene rings is 2. The molecule has 0 aromatic heterocycles. The molecule has 126 valence electrons. The Labute approximate surface area is 143 Å². The smallest absolute Gasteiger partial charge is 0.314 e. The van der Waals surface area contributed by atoms with Gasteiger partial charge < -0.3 is 14.8 Å². The summed E-state index contributed by atoms with van der Waals surface area (Å²) in [5.41, 5.74) is 1.12. The minimum atomic E-state index is -0.605. The van der Waals surface area contributed by atoms with Gasteiger partial charge in [0.05, 0.1) is 28.8 Å². The number of nitrogens with zero attached hydrogens (tertiary/aromatic N) is 1. The average molecular weight is 351 g/mol. The molecule has 7 nitrogen and oxygen atoms in total. The monoisotopic (exact) mass is 350 g/mol. The highest BCUT2D eigenvalue weighted by Gasteiger charge is 2.18. The van der Waals surface area contributed by atoms with Gasteiger partial charge in [0.2, 0.25) is 0 Å². The van der Waals surface area contributed by atoms with Crippen LogP contribution in [0.2, 0.25) is 5.02 Å². The highest BCUT2D eigenvalue weighted by atomic mass is 35.5. The first-order valence-corrected chi connectivity index (χ1v) is 7.29. The number of halogens is 1. The quantitative estimate of drug-likeness (QED) is 0.635. The Kier molecular flexibility index (Phi) is 5.59. The Morgan fingerprint density at radius 2 is 2.04 bits per heavy atom. The molecule has 24 heavy (non-hydrogen) atoms. The molecule has 0 atom stereocenters. The topological polar surface area (TPSA) is 90.7 Å². The lowest BCUT2D eigenvalue weighted by Gasteiger charge is -2.10. The fraction of sp³-hybridized carbons (Fsp3) is 0.188. The van der Waals surface area contributed by atoms with Crippen molar-refractivity contribution in [3.63, 3.8) is 0 Å². The minimum Gasteiger partial charge on any atom is -0.496 e. The van der Waals surface area contributed by atoms with E-state index < -0.39 is 17.4 Å². The molecule has 2 rings (SSSR count). The second kappa shape index (κ2) is 7.65. The largest absolute Gasteiger partial charge is 0.496 e. The van der Waals surface area contributed by atoms with Crippen molar-refractivity contribution in [2.45, 2.75) is 6.92 Å². The lowest BCUT2D eigenvalue weighted by Crippen LogP contribution is -2.20. The highest BCUT2D eigenvalue weighted by Crippen LogP contribution is 2.31. The zero-order chi connectivity index (χ0) is 17.7. The number of amides is 1.